The minimum atomic E-state index is -0.973. The van der Waals surface area contributed by atoms with Gasteiger partial charge in [-0.1, -0.05) is 24.3 Å². The Hall–Kier alpha value is -4.07. The second-order valence-electron chi connectivity index (χ2n) is 8.25. The highest BCUT2D eigenvalue weighted by molar-refractivity contribution is 6.02. The molecule has 1 unspecified atom stereocenters. The summed E-state index contributed by atoms with van der Waals surface area (Å²) in [6.45, 7) is 6.95. The molecule has 3 aromatic rings. The molecule has 4 rings (SSSR count). The van der Waals surface area contributed by atoms with Gasteiger partial charge in [0.1, 0.15) is 17.0 Å². The molecule has 0 amide bonds. The third-order valence-electron chi connectivity index (χ3n) is 5.60. The maximum atomic E-state index is 13.2. The second kappa shape index (κ2) is 9.05. The second-order valence-corrected chi connectivity index (χ2v) is 8.25. The number of rotatable bonds is 5. The molecule has 0 saturated carbocycles. The van der Waals surface area contributed by atoms with E-state index in [-0.39, 0.29) is 34.6 Å². The third-order valence-corrected chi connectivity index (χ3v) is 5.60. The molecule has 0 spiro atoms. The first kappa shape index (κ1) is 23.1. The molecule has 1 aliphatic heterocycles. The van der Waals surface area contributed by atoms with Gasteiger partial charge >= 0.3 is 11.9 Å². The van der Waals surface area contributed by atoms with Crippen LogP contribution in [-0.4, -0.2) is 24.6 Å². The standard InChI is InChI=1S/C26H26N2O6/c1-5-32-25(30)19-14(4)28-24(27)21(26(31)33-13(2)3)20(19)16-10-8-11-17-22(29)15-9-6-7-12-18(15)34-23(16)17/h6-13,20,28H,5,27H2,1-4H3. The van der Waals surface area contributed by atoms with Crippen LogP contribution in [0, 0.1) is 0 Å². The van der Waals surface area contributed by atoms with Gasteiger partial charge in [0.15, 0.2) is 0 Å². The molecular formula is C26H26N2O6. The summed E-state index contributed by atoms with van der Waals surface area (Å²) in [7, 11) is 0. The monoisotopic (exact) mass is 462 g/mol. The topological polar surface area (TPSA) is 121 Å². The van der Waals surface area contributed by atoms with Gasteiger partial charge in [0.05, 0.1) is 40.5 Å². The summed E-state index contributed by atoms with van der Waals surface area (Å²) >= 11 is 0. The van der Waals surface area contributed by atoms with Crippen molar-refractivity contribution in [2.24, 2.45) is 5.73 Å². The van der Waals surface area contributed by atoms with Crippen molar-refractivity contribution in [3.05, 3.63) is 80.9 Å². The third kappa shape index (κ3) is 3.91. The van der Waals surface area contributed by atoms with Crippen molar-refractivity contribution in [2.45, 2.75) is 39.7 Å². The van der Waals surface area contributed by atoms with Crippen molar-refractivity contribution >= 4 is 33.9 Å². The lowest BCUT2D eigenvalue weighted by Gasteiger charge is -2.30. The fourth-order valence-corrected chi connectivity index (χ4v) is 4.22. The van der Waals surface area contributed by atoms with Crippen LogP contribution in [0.1, 0.15) is 39.2 Å². The highest BCUT2D eigenvalue weighted by Gasteiger charge is 2.40. The Balaban J connectivity index is 2.05. The molecular weight excluding hydrogens is 436 g/mol. The molecule has 0 fully saturated rings. The molecule has 2 aromatic carbocycles. The van der Waals surface area contributed by atoms with Crippen LogP contribution in [0.3, 0.4) is 0 Å². The first-order valence-electron chi connectivity index (χ1n) is 11.0. The number of hydrogen-bond acceptors (Lipinski definition) is 8. The summed E-state index contributed by atoms with van der Waals surface area (Å²) in [6, 6.07) is 12.0. The van der Waals surface area contributed by atoms with Crippen molar-refractivity contribution in [3.8, 4) is 0 Å². The van der Waals surface area contributed by atoms with Crippen LogP contribution in [0.4, 0.5) is 0 Å². The quantitative estimate of drug-likeness (QED) is 0.436. The molecule has 0 aliphatic carbocycles. The number of fused-ring (bicyclic) bond motifs is 2. The average molecular weight is 463 g/mol. The molecule has 8 heteroatoms. The van der Waals surface area contributed by atoms with Crippen LogP contribution in [0.2, 0.25) is 0 Å². The zero-order valence-electron chi connectivity index (χ0n) is 19.4. The van der Waals surface area contributed by atoms with Crippen LogP contribution in [0.15, 0.2) is 74.3 Å². The SMILES string of the molecule is CCOC(=O)C1=C(C)NC(N)=C(C(=O)OC(C)C)C1c1cccc2c(=O)c3ccccc3oc12. The van der Waals surface area contributed by atoms with Crippen molar-refractivity contribution in [1.29, 1.82) is 0 Å². The maximum Gasteiger partial charge on any atom is 0.338 e. The van der Waals surface area contributed by atoms with E-state index in [2.05, 4.69) is 5.32 Å². The fourth-order valence-electron chi connectivity index (χ4n) is 4.22. The first-order chi connectivity index (χ1) is 16.2. The maximum absolute atomic E-state index is 13.2. The average Bonchev–Trinajstić information content (AvgIpc) is 2.78. The van der Waals surface area contributed by atoms with Crippen LogP contribution >= 0.6 is 0 Å². The summed E-state index contributed by atoms with van der Waals surface area (Å²) in [6.07, 6.45) is -0.416. The Morgan fingerprint density at radius 2 is 1.76 bits per heavy atom. The van der Waals surface area contributed by atoms with Gasteiger partial charge in [-0.15, -0.1) is 0 Å². The molecule has 176 valence electrons. The van der Waals surface area contributed by atoms with E-state index in [1.165, 1.54) is 0 Å². The van der Waals surface area contributed by atoms with E-state index in [1.807, 2.05) is 0 Å². The predicted molar refractivity (Wildman–Crippen MR) is 128 cm³/mol. The van der Waals surface area contributed by atoms with Crippen molar-refractivity contribution in [3.63, 3.8) is 0 Å². The van der Waals surface area contributed by atoms with E-state index >= 15 is 0 Å². The first-order valence-corrected chi connectivity index (χ1v) is 11.0. The number of carbonyl (C=O) groups is 2. The number of esters is 2. The molecule has 1 aliphatic rings. The number of nitrogens with two attached hydrogens (primary N) is 1. The fraction of sp³-hybridized carbons (Fsp3) is 0.269. The highest BCUT2D eigenvalue weighted by atomic mass is 16.5. The number of para-hydroxylation sites is 2. The van der Waals surface area contributed by atoms with Gasteiger partial charge < -0.3 is 24.9 Å². The number of dihydropyridines is 1. The number of carbonyl (C=O) groups excluding carboxylic acids is 2. The van der Waals surface area contributed by atoms with E-state index in [1.54, 1.807) is 70.2 Å². The molecule has 0 saturated heterocycles. The molecule has 0 bridgehead atoms. The zero-order chi connectivity index (χ0) is 24.6. The number of hydrogen-bond donors (Lipinski definition) is 2. The van der Waals surface area contributed by atoms with Gasteiger partial charge in [-0.2, -0.15) is 0 Å². The van der Waals surface area contributed by atoms with Gasteiger partial charge in [-0.25, -0.2) is 9.59 Å². The molecule has 0 radical (unpaired) electrons. The van der Waals surface area contributed by atoms with Gasteiger partial charge in [0.2, 0.25) is 5.43 Å². The Morgan fingerprint density at radius 3 is 2.47 bits per heavy atom. The zero-order valence-corrected chi connectivity index (χ0v) is 19.4. The predicted octanol–water partition coefficient (Wildman–Crippen LogP) is 3.59. The number of ether oxygens (including phenoxy) is 2. The molecule has 3 N–H and O–H groups in total. The van der Waals surface area contributed by atoms with Gasteiger partial charge in [-0.05, 0) is 45.9 Å². The van der Waals surface area contributed by atoms with Crippen LogP contribution in [0.5, 0.6) is 0 Å². The van der Waals surface area contributed by atoms with Gasteiger partial charge in [0.25, 0.3) is 0 Å². The molecule has 1 atom stereocenters. The van der Waals surface area contributed by atoms with Crippen molar-refractivity contribution < 1.29 is 23.5 Å². The number of benzene rings is 2. The van der Waals surface area contributed by atoms with Crippen molar-refractivity contribution in [1.82, 2.24) is 5.32 Å². The van der Waals surface area contributed by atoms with Crippen molar-refractivity contribution in [2.75, 3.05) is 6.61 Å². The van der Waals surface area contributed by atoms with Gasteiger partial charge in [-0.3, -0.25) is 4.79 Å². The Kier molecular flexibility index (Phi) is 6.15. The minimum Gasteiger partial charge on any atom is -0.463 e. The summed E-state index contributed by atoms with van der Waals surface area (Å²) < 4.78 is 16.9. The normalized spacial score (nSPS) is 16.2. The van der Waals surface area contributed by atoms with E-state index in [0.29, 0.717) is 27.6 Å². The molecule has 34 heavy (non-hydrogen) atoms. The van der Waals surface area contributed by atoms with Crippen LogP contribution in [-0.2, 0) is 19.1 Å². The summed E-state index contributed by atoms with van der Waals surface area (Å²) in [4.78, 5) is 39.5. The summed E-state index contributed by atoms with van der Waals surface area (Å²) in [5.74, 6) is -2.21. The lowest BCUT2D eigenvalue weighted by Crippen LogP contribution is -2.36. The largest absolute Gasteiger partial charge is 0.463 e. The smallest absolute Gasteiger partial charge is 0.338 e. The Bertz CT molecular complexity index is 1430. The number of nitrogens with one attached hydrogen (secondary N) is 1. The molecule has 8 nitrogen and oxygen atoms in total. The lowest BCUT2D eigenvalue weighted by molar-refractivity contribution is -0.143. The minimum absolute atomic E-state index is 0.0469. The van der Waals surface area contributed by atoms with E-state index < -0.39 is 24.0 Å². The summed E-state index contributed by atoms with van der Waals surface area (Å²) in [5, 5.41) is 3.66. The highest BCUT2D eigenvalue weighted by Crippen LogP contribution is 2.41. The van der Waals surface area contributed by atoms with E-state index in [9.17, 15) is 14.4 Å². The molecule has 1 aromatic heterocycles. The Labute approximate surface area is 196 Å². The van der Waals surface area contributed by atoms with Crippen LogP contribution in [0.25, 0.3) is 21.9 Å². The van der Waals surface area contributed by atoms with Gasteiger partial charge in [0, 0.05) is 11.3 Å². The van der Waals surface area contributed by atoms with E-state index in [4.69, 9.17) is 19.6 Å². The molecule has 2 heterocycles. The Morgan fingerprint density at radius 1 is 1.06 bits per heavy atom. The summed E-state index contributed by atoms with van der Waals surface area (Å²) in [5.41, 5.74) is 7.80. The van der Waals surface area contributed by atoms with E-state index in [0.717, 1.165) is 0 Å². The number of allylic oxidation sites excluding steroid dienone is 1. The lowest BCUT2D eigenvalue weighted by atomic mass is 9.80. The van der Waals surface area contributed by atoms with Crippen LogP contribution < -0.4 is 16.5 Å².